The first-order valence-electron chi connectivity index (χ1n) is 4.27. The van der Waals surface area contributed by atoms with E-state index in [1.165, 1.54) is 12.3 Å². The molecule has 0 radical (unpaired) electrons. The first-order chi connectivity index (χ1) is 6.97. The lowest BCUT2D eigenvalue weighted by Crippen LogP contribution is -2.29. The highest BCUT2D eigenvalue weighted by Gasteiger charge is 2.19. The van der Waals surface area contributed by atoms with Crippen molar-refractivity contribution in [1.29, 1.82) is 0 Å². The van der Waals surface area contributed by atoms with Gasteiger partial charge in [0.2, 0.25) is 0 Å². The maximum absolute atomic E-state index is 11.5. The molecule has 15 heavy (non-hydrogen) atoms. The number of carboxylic acid groups (broad SMARTS) is 1. The van der Waals surface area contributed by atoms with Gasteiger partial charge in [0.1, 0.15) is 11.1 Å². The first kappa shape index (κ1) is 12.1. The van der Waals surface area contributed by atoms with Crippen molar-refractivity contribution in [3.8, 4) is 0 Å². The van der Waals surface area contributed by atoms with Crippen molar-refractivity contribution < 1.29 is 9.90 Å². The molecule has 1 atom stereocenters. The molecule has 0 saturated heterocycles. The average molecular weight is 250 g/mol. The molecule has 6 heteroatoms. The van der Waals surface area contributed by atoms with Gasteiger partial charge in [0.25, 0.3) is 5.56 Å². The molecule has 0 amide bonds. The molecule has 1 aromatic rings. The van der Waals surface area contributed by atoms with Crippen molar-refractivity contribution in [2.45, 2.75) is 19.4 Å². The largest absolute Gasteiger partial charge is 0.480 e. The summed E-state index contributed by atoms with van der Waals surface area (Å²) in [4.78, 5) is 22.4. The summed E-state index contributed by atoms with van der Waals surface area (Å²) in [6.07, 6.45) is 1.56. The summed E-state index contributed by atoms with van der Waals surface area (Å²) >= 11 is 11.3. The minimum absolute atomic E-state index is 0.0813. The molecule has 0 unspecified atom stereocenters. The summed E-state index contributed by atoms with van der Waals surface area (Å²) in [7, 11) is 0. The van der Waals surface area contributed by atoms with E-state index in [1.807, 2.05) is 0 Å². The van der Waals surface area contributed by atoms with E-state index in [-0.39, 0.29) is 16.5 Å². The number of pyridine rings is 1. The predicted molar refractivity (Wildman–Crippen MR) is 57.7 cm³/mol. The van der Waals surface area contributed by atoms with Crippen molar-refractivity contribution >= 4 is 29.2 Å². The molecule has 4 nitrogen and oxygen atoms in total. The Morgan fingerprint density at radius 1 is 1.60 bits per heavy atom. The lowest BCUT2D eigenvalue weighted by atomic mass is 10.2. The van der Waals surface area contributed by atoms with Crippen LogP contribution in [0.3, 0.4) is 0 Å². The number of aromatic nitrogens is 1. The number of carbonyl (C=O) groups is 1. The van der Waals surface area contributed by atoms with Gasteiger partial charge >= 0.3 is 5.97 Å². The van der Waals surface area contributed by atoms with Crippen molar-refractivity contribution in [1.82, 2.24) is 4.57 Å². The van der Waals surface area contributed by atoms with Gasteiger partial charge in [-0.15, -0.1) is 0 Å². The molecule has 82 valence electrons. The van der Waals surface area contributed by atoms with Crippen LogP contribution in [0.25, 0.3) is 0 Å². The van der Waals surface area contributed by atoms with Crippen molar-refractivity contribution in [3.05, 3.63) is 32.7 Å². The highest BCUT2D eigenvalue weighted by Crippen LogP contribution is 2.16. The third-order valence-electron chi connectivity index (χ3n) is 1.97. The third-order valence-corrected chi connectivity index (χ3v) is 2.45. The summed E-state index contributed by atoms with van der Waals surface area (Å²) in [5, 5.41) is 9.04. The van der Waals surface area contributed by atoms with Crippen LogP contribution in [0, 0.1) is 0 Å². The second-order valence-corrected chi connectivity index (χ2v) is 3.82. The van der Waals surface area contributed by atoms with Gasteiger partial charge in [-0.05, 0) is 12.5 Å². The molecule has 0 aliphatic rings. The Morgan fingerprint density at radius 3 is 2.67 bits per heavy atom. The Balaban J connectivity index is 3.35. The zero-order valence-corrected chi connectivity index (χ0v) is 9.42. The van der Waals surface area contributed by atoms with E-state index >= 15 is 0 Å². The molecular weight excluding hydrogens is 241 g/mol. The van der Waals surface area contributed by atoms with Crippen LogP contribution in [0.4, 0.5) is 0 Å². The van der Waals surface area contributed by atoms with Gasteiger partial charge in [-0.2, -0.15) is 0 Å². The van der Waals surface area contributed by atoms with Crippen LogP contribution in [0.1, 0.15) is 19.4 Å². The summed E-state index contributed by atoms with van der Waals surface area (Å²) in [6, 6.07) is 0.352. The van der Waals surface area contributed by atoms with Crippen molar-refractivity contribution in [2.24, 2.45) is 0 Å². The smallest absolute Gasteiger partial charge is 0.326 e. The fourth-order valence-corrected chi connectivity index (χ4v) is 1.74. The molecule has 1 aromatic heterocycles. The summed E-state index contributed by atoms with van der Waals surface area (Å²) in [5.41, 5.74) is -0.546. The van der Waals surface area contributed by atoms with E-state index in [9.17, 15) is 9.59 Å². The van der Waals surface area contributed by atoms with Crippen molar-refractivity contribution in [2.75, 3.05) is 0 Å². The molecule has 1 rings (SSSR count). The molecule has 0 aromatic carbocycles. The minimum Gasteiger partial charge on any atom is -0.480 e. The fraction of sp³-hybridized carbons (Fsp3) is 0.333. The Labute approximate surface area is 96.0 Å². The van der Waals surface area contributed by atoms with Gasteiger partial charge in [-0.3, -0.25) is 9.36 Å². The summed E-state index contributed by atoms with van der Waals surface area (Å²) in [5.74, 6) is -1.09. The number of aliphatic carboxylic acids is 1. The van der Waals surface area contributed by atoms with Crippen LogP contribution < -0.4 is 5.56 Å². The SMILES string of the molecule is CC[C@@H](C(=O)O)n1cc(Cl)cc(Cl)c1=O. The van der Waals surface area contributed by atoms with Crippen LogP contribution in [-0.2, 0) is 4.79 Å². The predicted octanol–water partition coefficient (Wildman–Crippen LogP) is 2.19. The number of hydrogen-bond donors (Lipinski definition) is 1. The maximum Gasteiger partial charge on any atom is 0.326 e. The molecule has 0 aliphatic carbocycles. The summed E-state index contributed by atoms with van der Waals surface area (Å²) < 4.78 is 1.03. The number of nitrogens with zero attached hydrogens (tertiary/aromatic N) is 1. The number of rotatable bonds is 3. The van der Waals surface area contributed by atoms with E-state index < -0.39 is 17.6 Å². The van der Waals surface area contributed by atoms with E-state index in [4.69, 9.17) is 28.3 Å². The number of hydrogen-bond acceptors (Lipinski definition) is 2. The standard InChI is InChI=1S/C9H9Cl2NO3/c1-2-7(9(14)15)12-4-5(10)3-6(11)8(12)13/h3-4,7H,2H2,1H3,(H,14,15)/t7-/m0/s1. The Morgan fingerprint density at radius 2 is 2.20 bits per heavy atom. The quantitative estimate of drug-likeness (QED) is 0.894. The molecule has 0 spiro atoms. The van der Waals surface area contributed by atoms with Crippen LogP contribution in [0.2, 0.25) is 10.0 Å². The van der Waals surface area contributed by atoms with E-state index in [0.717, 1.165) is 4.57 Å². The van der Waals surface area contributed by atoms with Crippen molar-refractivity contribution in [3.63, 3.8) is 0 Å². The van der Waals surface area contributed by atoms with E-state index in [0.29, 0.717) is 0 Å². The highest BCUT2D eigenvalue weighted by atomic mass is 35.5. The molecular formula is C9H9Cl2NO3. The van der Waals surface area contributed by atoms with Crippen LogP contribution in [0.15, 0.2) is 17.1 Å². The minimum atomic E-state index is -1.09. The van der Waals surface area contributed by atoms with Crippen LogP contribution >= 0.6 is 23.2 Å². The molecule has 1 N–H and O–H groups in total. The second kappa shape index (κ2) is 4.68. The highest BCUT2D eigenvalue weighted by molar-refractivity contribution is 6.34. The van der Waals surface area contributed by atoms with Gasteiger partial charge in [0, 0.05) is 6.20 Å². The molecule has 0 aliphatic heterocycles. The van der Waals surface area contributed by atoms with Crippen LogP contribution in [-0.4, -0.2) is 15.6 Å². The Hall–Kier alpha value is -1.00. The van der Waals surface area contributed by atoms with Gasteiger partial charge in [-0.1, -0.05) is 30.1 Å². The second-order valence-electron chi connectivity index (χ2n) is 2.98. The number of carboxylic acids is 1. The third kappa shape index (κ3) is 2.52. The molecule has 0 saturated carbocycles. The lowest BCUT2D eigenvalue weighted by molar-refractivity contribution is -0.141. The first-order valence-corrected chi connectivity index (χ1v) is 5.03. The Bertz CT molecular complexity index is 441. The monoisotopic (exact) mass is 249 g/mol. The fourth-order valence-electron chi connectivity index (χ4n) is 1.26. The van der Waals surface area contributed by atoms with Gasteiger partial charge in [0.05, 0.1) is 5.02 Å². The summed E-state index contributed by atoms with van der Waals surface area (Å²) in [6.45, 7) is 1.67. The lowest BCUT2D eigenvalue weighted by Gasteiger charge is -2.13. The molecule has 0 bridgehead atoms. The van der Waals surface area contributed by atoms with Crippen LogP contribution in [0.5, 0.6) is 0 Å². The average Bonchev–Trinajstić information content (AvgIpc) is 2.13. The number of halogens is 2. The zero-order valence-electron chi connectivity index (χ0n) is 7.91. The Kier molecular flexibility index (Phi) is 3.77. The van der Waals surface area contributed by atoms with E-state index in [2.05, 4.69) is 0 Å². The normalized spacial score (nSPS) is 12.5. The zero-order chi connectivity index (χ0) is 11.6. The van der Waals surface area contributed by atoms with Gasteiger partial charge in [-0.25, -0.2) is 4.79 Å². The molecule has 1 heterocycles. The topological polar surface area (TPSA) is 59.3 Å². The molecule has 0 fully saturated rings. The van der Waals surface area contributed by atoms with Gasteiger partial charge < -0.3 is 5.11 Å². The maximum atomic E-state index is 11.5. The van der Waals surface area contributed by atoms with Gasteiger partial charge in [0.15, 0.2) is 0 Å². The van der Waals surface area contributed by atoms with E-state index in [1.54, 1.807) is 6.92 Å².